The van der Waals surface area contributed by atoms with Gasteiger partial charge in [0.05, 0.1) is 39.9 Å². The lowest BCUT2D eigenvalue weighted by atomic mass is 10.0. The number of amides is 1. The first kappa shape index (κ1) is 38.5. The van der Waals surface area contributed by atoms with Gasteiger partial charge < -0.3 is 28.8 Å². The van der Waals surface area contributed by atoms with Crippen LogP contribution in [0.2, 0.25) is 0 Å². The monoisotopic (exact) mass is 578 g/mol. The van der Waals surface area contributed by atoms with Crippen molar-refractivity contribution in [2.45, 2.75) is 148 Å². The number of aliphatic hydroxyl groups excluding tert-OH is 1. The molecule has 0 radical (unpaired) electrons. The number of aliphatic hydroxyl groups is 1. The van der Waals surface area contributed by atoms with Gasteiger partial charge in [-0.15, -0.1) is 0 Å². The third-order valence-corrected chi connectivity index (χ3v) is 8.06. The number of phosphoric acid groups is 1. The molecule has 1 amide bonds. The van der Waals surface area contributed by atoms with E-state index in [1.165, 1.54) is 64.2 Å². The molecule has 0 bridgehead atoms. The fraction of sp³-hybridized carbons (Fsp3) is 0.967. The predicted molar refractivity (Wildman–Crippen MR) is 159 cm³/mol. The molecule has 0 aliphatic heterocycles. The average molecular weight is 579 g/mol. The summed E-state index contributed by atoms with van der Waals surface area (Å²) in [5, 5.41) is 13.6. The van der Waals surface area contributed by atoms with Crippen molar-refractivity contribution in [1.82, 2.24) is 5.32 Å². The molecule has 0 aliphatic carbocycles. The van der Waals surface area contributed by atoms with E-state index in [-0.39, 0.29) is 19.1 Å². The second-order valence-electron chi connectivity index (χ2n) is 12.2. The average Bonchev–Trinajstić information content (AvgIpc) is 2.86. The summed E-state index contributed by atoms with van der Waals surface area (Å²) in [6.07, 6.45) is 20.1. The first-order valence-corrected chi connectivity index (χ1v) is 17.3. The van der Waals surface area contributed by atoms with E-state index in [1.807, 2.05) is 21.1 Å². The van der Waals surface area contributed by atoms with Crippen LogP contribution in [0.4, 0.5) is 0 Å². The molecular weight excluding hydrogens is 515 g/mol. The lowest BCUT2D eigenvalue weighted by Gasteiger charge is -2.30. The molecule has 0 heterocycles. The summed E-state index contributed by atoms with van der Waals surface area (Å²) in [6.45, 7) is 4.56. The van der Waals surface area contributed by atoms with Crippen molar-refractivity contribution in [1.29, 1.82) is 0 Å². The minimum atomic E-state index is -4.53. The van der Waals surface area contributed by atoms with Gasteiger partial charge in [0.25, 0.3) is 7.82 Å². The maximum absolute atomic E-state index is 12.5. The summed E-state index contributed by atoms with van der Waals surface area (Å²) >= 11 is 0. The topological polar surface area (TPSA) is 108 Å². The number of rotatable bonds is 28. The lowest BCUT2D eigenvalue weighted by molar-refractivity contribution is -0.870. The summed E-state index contributed by atoms with van der Waals surface area (Å²) in [5.74, 6) is -0.184. The van der Waals surface area contributed by atoms with E-state index in [0.29, 0.717) is 23.9 Å². The van der Waals surface area contributed by atoms with E-state index >= 15 is 0 Å². The zero-order valence-corrected chi connectivity index (χ0v) is 27.0. The number of nitrogens with zero attached hydrogens (tertiary/aromatic N) is 1. The van der Waals surface area contributed by atoms with Crippen molar-refractivity contribution in [3.8, 4) is 0 Å². The van der Waals surface area contributed by atoms with E-state index < -0.39 is 20.0 Å². The third kappa shape index (κ3) is 26.2. The van der Waals surface area contributed by atoms with Crippen molar-refractivity contribution < 1.29 is 32.9 Å². The summed E-state index contributed by atoms with van der Waals surface area (Å²) < 4.78 is 22.9. The van der Waals surface area contributed by atoms with Gasteiger partial charge in [-0.25, -0.2) is 0 Å². The number of carbonyl (C=O) groups excluding carboxylic acids is 1. The molecular formula is C30H63N2O6P. The molecule has 0 saturated heterocycles. The molecule has 3 unspecified atom stereocenters. The molecule has 2 N–H and O–H groups in total. The van der Waals surface area contributed by atoms with Gasteiger partial charge in [0.1, 0.15) is 13.2 Å². The molecule has 0 aromatic rings. The van der Waals surface area contributed by atoms with E-state index in [2.05, 4.69) is 19.2 Å². The van der Waals surface area contributed by atoms with Crippen LogP contribution in [0, 0.1) is 0 Å². The quantitative estimate of drug-likeness (QED) is 0.0624. The number of carbonyl (C=O) groups is 1. The normalized spacial score (nSPS) is 15.2. The third-order valence-electron chi connectivity index (χ3n) is 7.10. The van der Waals surface area contributed by atoms with Gasteiger partial charge in [-0.2, -0.15) is 0 Å². The summed E-state index contributed by atoms with van der Waals surface area (Å²) in [6, 6.07) is -0.787. The van der Waals surface area contributed by atoms with Crippen LogP contribution in [-0.2, 0) is 18.4 Å². The highest BCUT2D eigenvalue weighted by Crippen LogP contribution is 2.38. The van der Waals surface area contributed by atoms with Crippen LogP contribution in [0.15, 0.2) is 0 Å². The molecule has 0 rings (SSSR count). The molecule has 0 saturated carbocycles. The molecule has 0 aliphatic rings. The van der Waals surface area contributed by atoms with E-state index in [1.54, 1.807) is 0 Å². The van der Waals surface area contributed by atoms with Gasteiger partial charge in [-0.3, -0.25) is 9.36 Å². The summed E-state index contributed by atoms with van der Waals surface area (Å²) in [4.78, 5) is 24.7. The van der Waals surface area contributed by atoms with Crippen LogP contribution < -0.4 is 10.2 Å². The first-order chi connectivity index (χ1) is 18.5. The van der Waals surface area contributed by atoms with Crippen molar-refractivity contribution in [3.05, 3.63) is 0 Å². The maximum atomic E-state index is 12.5. The Bertz CT molecular complexity index is 629. The maximum Gasteiger partial charge on any atom is 0.268 e. The van der Waals surface area contributed by atoms with Gasteiger partial charge in [0.2, 0.25) is 5.91 Å². The fourth-order valence-corrected chi connectivity index (χ4v) is 5.17. The Balaban J connectivity index is 4.41. The molecule has 39 heavy (non-hydrogen) atoms. The Kier molecular flexibility index (Phi) is 23.8. The van der Waals surface area contributed by atoms with Gasteiger partial charge >= 0.3 is 0 Å². The van der Waals surface area contributed by atoms with Gasteiger partial charge in [0.15, 0.2) is 0 Å². The van der Waals surface area contributed by atoms with Gasteiger partial charge in [-0.1, -0.05) is 117 Å². The number of quaternary nitrogens is 1. The largest absolute Gasteiger partial charge is 0.756 e. The van der Waals surface area contributed by atoms with E-state index in [4.69, 9.17) is 9.05 Å². The highest BCUT2D eigenvalue weighted by molar-refractivity contribution is 7.45. The van der Waals surface area contributed by atoms with Crippen molar-refractivity contribution in [3.63, 3.8) is 0 Å². The highest BCUT2D eigenvalue weighted by atomic mass is 31.2. The minimum absolute atomic E-state index is 0.0141. The predicted octanol–water partition coefficient (Wildman–Crippen LogP) is 6.49. The number of likely N-dealkylation sites (N-methyl/N-ethyl adjacent to an activating group) is 1. The Morgan fingerprint density at radius 1 is 0.795 bits per heavy atom. The Morgan fingerprint density at radius 2 is 1.26 bits per heavy atom. The molecule has 9 heteroatoms. The van der Waals surface area contributed by atoms with Crippen molar-refractivity contribution in [2.24, 2.45) is 0 Å². The molecule has 0 aromatic heterocycles. The molecule has 0 aromatic carbocycles. The number of unbranched alkanes of at least 4 members (excludes halogenated alkanes) is 15. The number of hydrogen-bond donors (Lipinski definition) is 2. The summed E-state index contributed by atoms with van der Waals surface area (Å²) in [7, 11) is 1.30. The van der Waals surface area contributed by atoms with Crippen LogP contribution in [-0.4, -0.2) is 68.5 Å². The zero-order chi connectivity index (χ0) is 29.4. The zero-order valence-electron chi connectivity index (χ0n) is 26.1. The number of hydrogen-bond acceptors (Lipinski definition) is 6. The second-order valence-corrected chi connectivity index (χ2v) is 13.6. The first-order valence-electron chi connectivity index (χ1n) is 15.9. The van der Waals surface area contributed by atoms with Crippen LogP contribution in [0.1, 0.15) is 136 Å². The standard InChI is InChI=1S/C30H63N2O6P/c1-6-8-10-12-13-14-15-16-17-18-19-20-21-23-29(33)28(31-30(34)24-22-11-9-7-2)27-38-39(35,36)37-26-25-32(3,4)5/h28-29,33H,6-27H2,1-5H3,(H-,31,34,35,36). The molecule has 8 nitrogen and oxygen atoms in total. The Hall–Kier alpha value is -0.500. The van der Waals surface area contributed by atoms with Crippen LogP contribution in [0.25, 0.3) is 0 Å². The minimum Gasteiger partial charge on any atom is -0.756 e. The fourth-order valence-electron chi connectivity index (χ4n) is 4.45. The van der Waals surface area contributed by atoms with E-state index in [0.717, 1.165) is 44.9 Å². The highest BCUT2D eigenvalue weighted by Gasteiger charge is 2.24. The van der Waals surface area contributed by atoms with Crippen LogP contribution in [0.5, 0.6) is 0 Å². The van der Waals surface area contributed by atoms with Crippen LogP contribution >= 0.6 is 7.82 Å². The van der Waals surface area contributed by atoms with Crippen molar-refractivity contribution in [2.75, 3.05) is 40.9 Å². The molecule has 0 spiro atoms. The van der Waals surface area contributed by atoms with Crippen molar-refractivity contribution >= 4 is 13.7 Å². The Morgan fingerprint density at radius 3 is 1.74 bits per heavy atom. The molecule has 3 atom stereocenters. The van der Waals surface area contributed by atoms with Crippen LogP contribution in [0.3, 0.4) is 0 Å². The number of phosphoric ester groups is 1. The molecule has 0 fully saturated rings. The lowest BCUT2D eigenvalue weighted by Crippen LogP contribution is -2.46. The van der Waals surface area contributed by atoms with E-state index in [9.17, 15) is 19.4 Å². The Labute approximate surface area is 240 Å². The smallest absolute Gasteiger partial charge is 0.268 e. The summed E-state index contributed by atoms with van der Waals surface area (Å²) in [5.41, 5.74) is 0. The SMILES string of the molecule is CCCCCCCCCCCCCCCC(O)C(COP(=O)([O-])OCC[N+](C)(C)C)NC(=O)CCCCCC. The number of nitrogens with one attached hydrogen (secondary N) is 1. The molecule has 234 valence electrons. The van der Waals surface area contributed by atoms with Gasteiger partial charge in [-0.05, 0) is 12.8 Å². The second kappa shape index (κ2) is 24.1. The van der Waals surface area contributed by atoms with Gasteiger partial charge in [0, 0.05) is 6.42 Å².